The van der Waals surface area contributed by atoms with E-state index in [1.165, 1.54) is 0 Å². The van der Waals surface area contributed by atoms with Crippen molar-refractivity contribution < 1.29 is 40.2 Å². The second-order valence-electron chi connectivity index (χ2n) is 31.7. The van der Waals surface area contributed by atoms with Crippen molar-refractivity contribution in [3.05, 3.63) is 513 Å². The first-order chi connectivity index (χ1) is 63.4. The average Bonchev–Trinajstić information content (AvgIpc) is 0.882. The maximum Gasteiger partial charge on any atom is 0.0124 e. The number of pyridine rings is 2. The summed E-state index contributed by atoms with van der Waals surface area (Å²) in [7, 11) is 0. The molecular formula is C118H78Ir2N10-10. The zero-order valence-electron chi connectivity index (χ0n) is 70.2. The van der Waals surface area contributed by atoms with Gasteiger partial charge in [0.1, 0.15) is 0 Å². The van der Waals surface area contributed by atoms with Crippen LogP contribution < -0.4 is 39.2 Å². The van der Waals surface area contributed by atoms with Crippen LogP contribution in [0.25, 0.3) is 145 Å². The number of para-hydroxylation sites is 4. The number of hydrogen-bond acceptors (Lipinski definition) is 10. The number of hydrogen-bond donors (Lipinski definition) is 0. The van der Waals surface area contributed by atoms with Gasteiger partial charge in [-0.1, -0.05) is 263 Å². The van der Waals surface area contributed by atoms with Gasteiger partial charge in [-0.15, -0.1) is 107 Å². The molecule has 0 atom stereocenters. The van der Waals surface area contributed by atoms with E-state index in [1.807, 2.05) is 48.8 Å². The van der Waals surface area contributed by atoms with E-state index in [0.717, 1.165) is 179 Å². The molecular weight excluding hydrogens is 1940 g/mol. The first-order valence-electron chi connectivity index (χ1n) is 42.7. The zero-order chi connectivity index (χ0) is 85.1. The first kappa shape index (κ1) is 82.7. The molecule has 0 amide bonds. The fourth-order valence-corrected chi connectivity index (χ4v) is 17.3. The molecule has 0 bridgehead atoms. The average molecular weight is 2020 g/mol. The SMILES string of the molecule is [Ir].[Ir].[c-]1cc(-c2ccccc2-c2cc(-c3ccccc3-c3c[c-]c(N4C=CN(c5ccccc5)[CH-]4)cc3)cc(-c3ccccc3-c3c[c-]c(-c4[c-]cc(-c5ccccc5-c5cc(-c6ccccc6-c6c[c-]c(N7C=CN(c8ccccc8)[CH-]7)cc6)cc(-c6ccccc6-c6c[c-]c(N7C=CN(c8ccccc8)[CH-]7)cc6)c5)cn4)nc3)c2)ccc1N1C=CN(c2ccccc2)[CH-]1. The van der Waals surface area contributed by atoms with Gasteiger partial charge in [0.05, 0.1) is 0 Å². The van der Waals surface area contributed by atoms with Crippen molar-refractivity contribution in [1.82, 2.24) is 9.97 Å². The largest absolute Gasteiger partial charge is 0.500 e. The van der Waals surface area contributed by atoms with E-state index in [-0.39, 0.29) is 40.2 Å². The van der Waals surface area contributed by atoms with Gasteiger partial charge in [-0.25, -0.2) is 12.1 Å². The van der Waals surface area contributed by atoms with E-state index in [4.69, 9.17) is 9.97 Å². The normalized spacial score (nSPS) is 13.2. The van der Waals surface area contributed by atoms with Crippen LogP contribution in [0.4, 0.5) is 45.5 Å². The van der Waals surface area contributed by atoms with Crippen molar-refractivity contribution in [3.8, 4) is 145 Å². The first-order valence-corrected chi connectivity index (χ1v) is 42.7. The quantitative estimate of drug-likeness (QED) is 0.0650. The molecule has 130 heavy (non-hydrogen) atoms. The van der Waals surface area contributed by atoms with Gasteiger partial charge in [0, 0.05) is 63.0 Å². The van der Waals surface area contributed by atoms with Crippen molar-refractivity contribution in [3.63, 3.8) is 0 Å². The molecule has 16 aromatic carbocycles. The molecule has 0 unspecified atom stereocenters. The minimum absolute atomic E-state index is 0. The molecule has 4 aliphatic rings. The fraction of sp³-hybridized carbons (Fsp3) is 0. The molecule has 0 aliphatic carbocycles. The fourth-order valence-electron chi connectivity index (χ4n) is 17.3. The minimum Gasteiger partial charge on any atom is -0.500 e. The van der Waals surface area contributed by atoms with Gasteiger partial charge in [0.15, 0.2) is 0 Å². The molecule has 10 nitrogen and oxygen atoms in total. The monoisotopic (exact) mass is 2020 g/mol. The van der Waals surface area contributed by atoms with Crippen molar-refractivity contribution in [1.29, 1.82) is 0 Å². The van der Waals surface area contributed by atoms with Crippen LogP contribution in [-0.2, 0) is 40.2 Å². The van der Waals surface area contributed by atoms with Crippen molar-refractivity contribution in [2.75, 3.05) is 39.2 Å². The smallest absolute Gasteiger partial charge is 0.0124 e. The Balaban J connectivity index is 0.00000529. The Morgan fingerprint density at radius 3 is 0.531 bits per heavy atom. The van der Waals surface area contributed by atoms with Crippen LogP contribution in [0.2, 0.25) is 0 Å². The Morgan fingerprint density at radius 2 is 0.346 bits per heavy atom. The molecule has 4 aliphatic heterocycles. The molecule has 6 heterocycles. The van der Waals surface area contributed by atoms with Crippen LogP contribution in [0, 0.1) is 63.1 Å². The Kier molecular flexibility index (Phi) is 23.7. The summed E-state index contributed by atoms with van der Waals surface area (Å²) in [6.45, 7) is 8.34. The number of aromatic nitrogens is 2. The summed E-state index contributed by atoms with van der Waals surface area (Å²) in [6.07, 6.45) is 20.4. The van der Waals surface area contributed by atoms with Crippen LogP contribution in [0.15, 0.2) is 450 Å². The number of nitrogens with zero attached hydrogens (tertiary/aromatic N) is 10. The van der Waals surface area contributed by atoms with E-state index in [2.05, 4.69) is 504 Å². The van der Waals surface area contributed by atoms with E-state index in [1.54, 1.807) is 0 Å². The maximum absolute atomic E-state index is 5.15. The Labute approximate surface area is 786 Å². The van der Waals surface area contributed by atoms with Crippen LogP contribution in [0.1, 0.15) is 0 Å². The van der Waals surface area contributed by atoms with Crippen molar-refractivity contribution in [2.45, 2.75) is 0 Å². The van der Waals surface area contributed by atoms with Gasteiger partial charge in [-0.3, -0.25) is 0 Å². The topological polar surface area (TPSA) is 51.7 Å². The second-order valence-corrected chi connectivity index (χ2v) is 31.7. The summed E-state index contributed by atoms with van der Waals surface area (Å²) >= 11 is 0. The molecule has 18 aromatic rings. The van der Waals surface area contributed by atoms with Crippen LogP contribution in [-0.4, -0.2) is 9.97 Å². The molecule has 0 spiro atoms. The summed E-state index contributed by atoms with van der Waals surface area (Å²) in [6, 6.07) is 159. The summed E-state index contributed by atoms with van der Waals surface area (Å²) < 4.78 is 0. The van der Waals surface area contributed by atoms with E-state index < -0.39 is 0 Å². The Morgan fingerprint density at radius 1 is 0.169 bits per heavy atom. The van der Waals surface area contributed by atoms with E-state index in [0.29, 0.717) is 11.4 Å². The standard InChI is InChI=1S/C118H78N10.2Ir/c1-5-25-97(26-6-1)121-65-69-125(81-121)101-55-45-85(46-56-101)105-33-13-19-39-111(105)91-73-92(112-40-20-14-34-106(112)86-47-57-102(58-48-86)126-70-66-122(82-126)98-27-7-2-8-28-98)76-95(75-91)115-43-23-17-37-109(115)89-53-63-117(119-79-89)118-64-54-90(80-120-118)110-38-18-24-44-116(110)96-77-93(113-41-21-15-35-107(113)87-49-59-103(60-50-87)127-71-67-123(83-127)99-29-9-3-10-30-99)74-94(78-96)114-42-22-16-36-108(114)88-51-61-104(62-52-88)128-72-68-124(84-128)100-31-11-4-12-32-100;;/h1-55,57,59,61,65-84H;;/q-10;;. The van der Waals surface area contributed by atoms with Crippen LogP contribution in [0.3, 0.4) is 0 Å². The van der Waals surface area contributed by atoms with Crippen molar-refractivity contribution >= 4 is 45.5 Å². The van der Waals surface area contributed by atoms with Gasteiger partial charge < -0.3 is 49.2 Å². The molecule has 2 aromatic heterocycles. The molecule has 0 saturated heterocycles. The second kappa shape index (κ2) is 37.2. The van der Waals surface area contributed by atoms with Gasteiger partial charge >= 0.3 is 0 Å². The van der Waals surface area contributed by atoms with E-state index in [9.17, 15) is 0 Å². The summed E-state index contributed by atoms with van der Waals surface area (Å²) in [5, 5.41) is 0. The third-order valence-corrected chi connectivity index (χ3v) is 23.8. The third-order valence-electron chi connectivity index (χ3n) is 23.8. The number of rotatable bonds is 21. The summed E-state index contributed by atoms with van der Waals surface area (Å²) in [5.74, 6) is 0. The molecule has 0 fully saturated rings. The molecule has 12 heteroatoms. The molecule has 22 rings (SSSR count). The Bertz CT molecular complexity index is 6430. The summed E-state index contributed by atoms with van der Waals surface area (Å²) in [5.41, 5.74) is 34.6. The van der Waals surface area contributed by atoms with Crippen molar-refractivity contribution in [2.24, 2.45) is 0 Å². The van der Waals surface area contributed by atoms with Gasteiger partial charge in [-0.05, 0) is 214 Å². The minimum atomic E-state index is 0. The molecule has 628 valence electrons. The number of anilines is 8. The molecule has 2 radical (unpaired) electrons. The predicted octanol–water partition coefficient (Wildman–Crippen LogP) is 28.6. The predicted molar refractivity (Wildman–Crippen MR) is 525 cm³/mol. The van der Waals surface area contributed by atoms with Gasteiger partial charge in [-0.2, -0.15) is 84.9 Å². The van der Waals surface area contributed by atoms with Crippen LogP contribution in [0.5, 0.6) is 0 Å². The van der Waals surface area contributed by atoms with E-state index >= 15 is 0 Å². The zero-order valence-corrected chi connectivity index (χ0v) is 75.0. The summed E-state index contributed by atoms with van der Waals surface area (Å²) in [4.78, 5) is 27.2. The molecule has 0 N–H and O–H groups in total. The van der Waals surface area contributed by atoms with Gasteiger partial charge in [0.2, 0.25) is 0 Å². The van der Waals surface area contributed by atoms with Crippen LogP contribution >= 0.6 is 0 Å². The Hall–Kier alpha value is -15.5. The number of benzene rings is 16. The molecule has 0 saturated carbocycles. The third kappa shape index (κ3) is 17.0. The maximum atomic E-state index is 5.15. The van der Waals surface area contributed by atoms with Gasteiger partial charge in [0.25, 0.3) is 0 Å².